The summed E-state index contributed by atoms with van der Waals surface area (Å²) in [7, 11) is 0. The minimum Gasteiger partial charge on any atom is -0.457 e. The first-order chi connectivity index (χ1) is 31.1. The van der Waals surface area contributed by atoms with E-state index in [0.717, 1.165) is 72.5 Å². The fourth-order valence-corrected chi connectivity index (χ4v) is 10.2. The number of hydrogen-bond acceptors (Lipinski definition) is 6. The van der Waals surface area contributed by atoms with Crippen molar-refractivity contribution in [1.29, 1.82) is 5.26 Å². The molecule has 6 nitrogen and oxygen atoms in total. The van der Waals surface area contributed by atoms with Gasteiger partial charge in [0.15, 0.2) is 5.84 Å². The Bertz CT molecular complexity index is 3650. The molecule has 1 spiro atoms. The number of nitriles is 1. The number of para-hydroxylation sites is 1. The van der Waals surface area contributed by atoms with Crippen molar-refractivity contribution in [3.8, 4) is 39.8 Å². The summed E-state index contributed by atoms with van der Waals surface area (Å²) in [5.74, 6) is 2.82. The van der Waals surface area contributed by atoms with Crippen LogP contribution in [0.3, 0.4) is 0 Å². The van der Waals surface area contributed by atoms with Gasteiger partial charge in [-0.2, -0.15) is 5.26 Å². The first-order valence-electron chi connectivity index (χ1n) is 21.1. The van der Waals surface area contributed by atoms with Gasteiger partial charge in [0.2, 0.25) is 0 Å². The number of fused-ring (bicyclic) bond motifs is 14. The summed E-state index contributed by atoms with van der Waals surface area (Å²) >= 11 is 0. The van der Waals surface area contributed by atoms with Crippen LogP contribution in [0.25, 0.3) is 55.0 Å². The fraction of sp³-hybridized carbons (Fsp3) is 0.0351. The normalized spacial score (nSPS) is 16.9. The van der Waals surface area contributed by atoms with E-state index in [9.17, 15) is 5.26 Å². The molecule has 1 N–H and O–H groups in total. The smallest absolute Gasteiger partial charge is 0.159 e. The Kier molecular flexibility index (Phi) is 7.55. The maximum atomic E-state index is 10.0. The Balaban J connectivity index is 0.910. The highest BCUT2D eigenvalue weighted by Crippen LogP contribution is 2.63. The lowest BCUT2D eigenvalue weighted by atomic mass is 9.65. The number of ether oxygens (including phenoxy) is 1. The van der Waals surface area contributed by atoms with Gasteiger partial charge in [0, 0.05) is 33.0 Å². The Morgan fingerprint density at radius 1 is 0.524 bits per heavy atom. The predicted molar refractivity (Wildman–Crippen MR) is 251 cm³/mol. The summed E-state index contributed by atoms with van der Waals surface area (Å²) in [4.78, 5) is 10.2. The van der Waals surface area contributed by atoms with Crippen LogP contribution >= 0.6 is 0 Å². The van der Waals surface area contributed by atoms with Crippen LogP contribution in [0.15, 0.2) is 209 Å². The molecule has 10 aromatic rings. The monoisotopic (exact) mass is 806 g/mol. The van der Waals surface area contributed by atoms with Gasteiger partial charge in [0.25, 0.3) is 0 Å². The molecule has 13 rings (SSSR count). The maximum absolute atomic E-state index is 10.0. The first kappa shape index (κ1) is 35.2. The van der Waals surface area contributed by atoms with Crippen molar-refractivity contribution >= 4 is 44.4 Å². The molecule has 0 fully saturated rings. The average Bonchev–Trinajstić information content (AvgIpc) is 3.87. The number of benzene rings is 9. The second-order valence-corrected chi connectivity index (χ2v) is 16.4. The molecule has 1 aliphatic carbocycles. The van der Waals surface area contributed by atoms with Crippen molar-refractivity contribution in [2.24, 2.45) is 9.98 Å². The van der Waals surface area contributed by atoms with Gasteiger partial charge in [0.1, 0.15) is 34.7 Å². The third kappa shape index (κ3) is 5.24. The van der Waals surface area contributed by atoms with E-state index in [1.165, 1.54) is 33.0 Å². The van der Waals surface area contributed by atoms with E-state index >= 15 is 0 Å². The Labute approximate surface area is 362 Å². The molecule has 9 aromatic carbocycles. The van der Waals surface area contributed by atoms with E-state index in [1.807, 2.05) is 54.6 Å². The molecule has 0 bridgehead atoms. The number of hydrogen-bond donors (Lipinski definition) is 1. The quantitative estimate of drug-likeness (QED) is 0.192. The topological polar surface area (TPSA) is 82.9 Å². The molecule has 2 atom stereocenters. The van der Waals surface area contributed by atoms with Crippen LogP contribution in [0.2, 0.25) is 0 Å². The predicted octanol–water partition coefficient (Wildman–Crippen LogP) is 13.2. The van der Waals surface area contributed by atoms with Crippen molar-refractivity contribution < 1.29 is 9.15 Å². The van der Waals surface area contributed by atoms with Gasteiger partial charge < -0.3 is 14.5 Å². The van der Waals surface area contributed by atoms with Gasteiger partial charge in [-0.05, 0) is 86.1 Å². The molecule has 0 amide bonds. The van der Waals surface area contributed by atoms with Crippen LogP contribution < -0.4 is 10.1 Å². The third-order valence-corrected chi connectivity index (χ3v) is 13.0. The molecule has 2 aliphatic heterocycles. The van der Waals surface area contributed by atoms with Gasteiger partial charge in [-0.15, -0.1) is 0 Å². The zero-order valence-electron chi connectivity index (χ0n) is 33.7. The summed E-state index contributed by atoms with van der Waals surface area (Å²) < 4.78 is 13.1. The highest BCUT2D eigenvalue weighted by Gasteiger charge is 2.51. The van der Waals surface area contributed by atoms with Crippen LogP contribution in [-0.2, 0) is 5.41 Å². The summed E-state index contributed by atoms with van der Waals surface area (Å²) in [5.41, 5.74) is 13.5. The third-order valence-electron chi connectivity index (χ3n) is 13.0. The zero-order chi connectivity index (χ0) is 41.6. The van der Waals surface area contributed by atoms with Gasteiger partial charge in [-0.1, -0.05) is 158 Å². The number of nitrogens with zero attached hydrogens (tertiary/aromatic N) is 3. The summed E-state index contributed by atoms with van der Waals surface area (Å²) in [6.07, 6.45) is -0.335. The van der Waals surface area contributed by atoms with Crippen LogP contribution in [-0.4, -0.2) is 11.7 Å². The number of amidine groups is 2. The molecule has 1 aromatic heterocycles. The minimum absolute atomic E-state index is 0.335. The minimum atomic E-state index is -0.649. The first-order valence-corrected chi connectivity index (χ1v) is 21.1. The molecule has 3 heterocycles. The second kappa shape index (κ2) is 13.5. The Morgan fingerprint density at radius 2 is 1.21 bits per heavy atom. The molecule has 2 unspecified atom stereocenters. The van der Waals surface area contributed by atoms with Crippen LogP contribution in [0.1, 0.15) is 50.7 Å². The Hall–Kier alpha value is -8.53. The summed E-state index contributed by atoms with van der Waals surface area (Å²) in [5, 5.41) is 18.2. The van der Waals surface area contributed by atoms with E-state index in [1.54, 1.807) is 0 Å². The highest BCUT2D eigenvalue weighted by molar-refractivity contribution is 6.15. The molecule has 63 heavy (non-hydrogen) atoms. The van der Waals surface area contributed by atoms with E-state index in [2.05, 4.69) is 151 Å². The molecular formula is C57H34N4O2. The van der Waals surface area contributed by atoms with Crippen LogP contribution in [0, 0.1) is 11.3 Å². The molecule has 0 radical (unpaired) electrons. The van der Waals surface area contributed by atoms with E-state index in [0.29, 0.717) is 17.1 Å². The van der Waals surface area contributed by atoms with Crippen molar-refractivity contribution in [3.05, 3.63) is 239 Å². The number of aliphatic imine (C=N–C) groups is 2. The van der Waals surface area contributed by atoms with E-state index in [4.69, 9.17) is 19.1 Å². The van der Waals surface area contributed by atoms with Gasteiger partial charge in [0.05, 0.1) is 17.0 Å². The van der Waals surface area contributed by atoms with E-state index < -0.39 is 5.41 Å². The van der Waals surface area contributed by atoms with E-state index in [-0.39, 0.29) is 6.17 Å². The van der Waals surface area contributed by atoms with Gasteiger partial charge in [-0.3, -0.25) is 0 Å². The lowest BCUT2D eigenvalue weighted by Crippen LogP contribution is -2.33. The van der Waals surface area contributed by atoms with Crippen molar-refractivity contribution in [2.75, 3.05) is 0 Å². The largest absolute Gasteiger partial charge is 0.457 e. The van der Waals surface area contributed by atoms with Gasteiger partial charge in [-0.25, -0.2) is 9.98 Å². The van der Waals surface area contributed by atoms with Crippen molar-refractivity contribution in [2.45, 2.75) is 11.6 Å². The molecule has 0 saturated heterocycles. The molecule has 6 heteroatoms. The molecule has 0 saturated carbocycles. The second-order valence-electron chi connectivity index (χ2n) is 16.4. The molecular weight excluding hydrogens is 773 g/mol. The van der Waals surface area contributed by atoms with Crippen LogP contribution in [0.5, 0.6) is 11.5 Å². The molecule has 294 valence electrons. The van der Waals surface area contributed by atoms with Crippen molar-refractivity contribution in [1.82, 2.24) is 5.32 Å². The lowest BCUT2D eigenvalue weighted by molar-refractivity contribution is 0.436. The lowest BCUT2D eigenvalue weighted by Gasteiger charge is -2.39. The standard InChI is InChI=1S/C57H34N4O2/c58-33-34-18-27-46-51(30-34)63-52-31-39(25-28-47(52)57(46)45-16-8-6-15-44(45)53-41-13-5-4-10-36(41)24-29-48(53)57)35-19-21-38(22-20-35)55-59-54(37-11-2-1-3-12-37)60-56(61-55)40-23-26-43-42-14-7-9-17-49(42)62-50(43)32-40/h1-32,54H,(H,59,60,61). The summed E-state index contributed by atoms with van der Waals surface area (Å²) in [6.45, 7) is 0. The average molecular weight is 807 g/mol. The maximum Gasteiger partial charge on any atom is 0.159 e. The van der Waals surface area contributed by atoms with Gasteiger partial charge >= 0.3 is 0 Å². The highest BCUT2D eigenvalue weighted by atomic mass is 16.5. The number of rotatable bonds is 4. The van der Waals surface area contributed by atoms with Crippen LogP contribution in [0.4, 0.5) is 0 Å². The molecule has 3 aliphatic rings. The van der Waals surface area contributed by atoms with Crippen molar-refractivity contribution in [3.63, 3.8) is 0 Å². The zero-order valence-corrected chi connectivity index (χ0v) is 33.7. The SMILES string of the molecule is N#Cc1ccc2c(c1)Oc1cc(-c3ccc(C4=NC(c5ccc6c(c5)oc5ccccc56)=NC(c5ccccc5)N4)cc3)ccc1C21c2ccccc2-c2c1ccc1ccccc21. The number of nitrogens with one attached hydrogen (secondary N) is 1. The summed E-state index contributed by atoms with van der Waals surface area (Å²) in [6, 6.07) is 69.8. The Morgan fingerprint density at radius 3 is 2.08 bits per heavy atom. The fourth-order valence-electron chi connectivity index (χ4n) is 10.2. The number of furan rings is 1.